The Balaban J connectivity index is 1.88. The van der Waals surface area contributed by atoms with Gasteiger partial charge in [0, 0.05) is 58.5 Å². The maximum absolute atomic E-state index is 12.5. The molecule has 1 heterocycles. The second-order valence-corrected chi connectivity index (χ2v) is 8.97. The van der Waals surface area contributed by atoms with Crippen LogP contribution in [-0.4, -0.2) is 82.8 Å². The van der Waals surface area contributed by atoms with Gasteiger partial charge in [0.15, 0.2) is 0 Å². The Labute approximate surface area is 162 Å². The molecule has 0 bridgehead atoms. The molecule has 0 unspecified atom stereocenters. The Morgan fingerprint density at radius 2 is 1.81 bits per heavy atom. The highest BCUT2D eigenvalue weighted by atomic mass is 32.2. The first kappa shape index (κ1) is 21.7. The maximum Gasteiger partial charge on any atom is 0.224 e. The summed E-state index contributed by atoms with van der Waals surface area (Å²) >= 11 is 0. The van der Waals surface area contributed by atoms with Crippen molar-refractivity contribution in [3.05, 3.63) is 29.3 Å². The molecule has 2 rings (SSSR count). The summed E-state index contributed by atoms with van der Waals surface area (Å²) in [6.45, 7) is 7.89. The number of carbonyl (C=O) groups excluding carboxylic acids is 1. The SMILES string of the molecule is COCCN(CCC(=O)N1CCN(c2cccc(C)c2C)CC1)S(C)(=O)=O. The lowest BCUT2D eigenvalue weighted by Crippen LogP contribution is -2.49. The number of anilines is 1. The van der Waals surface area contributed by atoms with E-state index in [1.807, 2.05) is 4.90 Å². The van der Waals surface area contributed by atoms with Crippen LogP contribution >= 0.6 is 0 Å². The van der Waals surface area contributed by atoms with E-state index in [4.69, 9.17) is 4.74 Å². The van der Waals surface area contributed by atoms with E-state index in [-0.39, 0.29) is 25.4 Å². The molecule has 1 saturated heterocycles. The van der Waals surface area contributed by atoms with E-state index in [0.29, 0.717) is 19.7 Å². The average Bonchev–Trinajstić information content (AvgIpc) is 2.63. The molecule has 152 valence electrons. The first-order valence-electron chi connectivity index (χ1n) is 9.27. The monoisotopic (exact) mass is 397 g/mol. The van der Waals surface area contributed by atoms with Crippen molar-refractivity contribution in [2.45, 2.75) is 20.3 Å². The number of rotatable bonds is 8. The van der Waals surface area contributed by atoms with Crippen molar-refractivity contribution >= 4 is 21.6 Å². The number of aryl methyl sites for hydroxylation is 1. The van der Waals surface area contributed by atoms with Crippen LogP contribution in [0.15, 0.2) is 18.2 Å². The van der Waals surface area contributed by atoms with Gasteiger partial charge in [-0.3, -0.25) is 4.79 Å². The lowest BCUT2D eigenvalue weighted by atomic mass is 10.1. The third kappa shape index (κ3) is 5.92. The fourth-order valence-electron chi connectivity index (χ4n) is 3.29. The van der Waals surface area contributed by atoms with Crippen LogP contribution in [0, 0.1) is 13.8 Å². The van der Waals surface area contributed by atoms with E-state index >= 15 is 0 Å². The van der Waals surface area contributed by atoms with Crippen LogP contribution in [0.5, 0.6) is 0 Å². The number of hydrogen-bond acceptors (Lipinski definition) is 5. The van der Waals surface area contributed by atoms with Gasteiger partial charge in [0.1, 0.15) is 0 Å². The van der Waals surface area contributed by atoms with Crippen molar-refractivity contribution < 1.29 is 17.9 Å². The summed E-state index contributed by atoms with van der Waals surface area (Å²) in [6, 6.07) is 6.30. The zero-order valence-electron chi connectivity index (χ0n) is 16.8. The van der Waals surface area contributed by atoms with Gasteiger partial charge < -0.3 is 14.5 Å². The van der Waals surface area contributed by atoms with E-state index in [1.165, 1.54) is 28.2 Å². The molecule has 0 radical (unpaired) electrons. The molecule has 1 amide bonds. The molecule has 27 heavy (non-hydrogen) atoms. The quantitative estimate of drug-likeness (QED) is 0.660. The van der Waals surface area contributed by atoms with Gasteiger partial charge in [-0.1, -0.05) is 12.1 Å². The van der Waals surface area contributed by atoms with Crippen LogP contribution in [0.3, 0.4) is 0 Å². The average molecular weight is 398 g/mol. The number of hydrogen-bond donors (Lipinski definition) is 0. The molecule has 0 saturated carbocycles. The van der Waals surface area contributed by atoms with E-state index < -0.39 is 10.0 Å². The molecule has 1 aliphatic rings. The van der Waals surface area contributed by atoms with E-state index in [2.05, 4.69) is 36.9 Å². The second-order valence-electron chi connectivity index (χ2n) is 6.99. The summed E-state index contributed by atoms with van der Waals surface area (Å²) in [7, 11) is -1.81. The Kier molecular flexibility index (Phi) is 7.64. The number of benzene rings is 1. The number of methoxy groups -OCH3 is 1. The fourth-order valence-corrected chi connectivity index (χ4v) is 4.12. The largest absolute Gasteiger partial charge is 0.383 e. The van der Waals surface area contributed by atoms with Gasteiger partial charge in [0.2, 0.25) is 15.9 Å². The number of ether oxygens (including phenoxy) is 1. The zero-order chi connectivity index (χ0) is 20.0. The lowest BCUT2D eigenvalue weighted by Gasteiger charge is -2.37. The zero-order valence-corrected chi connectivity index (χ0v) is 17.6. The molecule has 1 aromatic carbocycles. The van der Waals surface area contributed by atoms with Crippen LogP contribution in [-0.2, 0) is 19.6 Å². The second kappa shape index (κ2) is 9.52. The fraction of sp³-hybridized carbons (Fsp3) is 0.632. The van der Waals surface area contributed by atoms with Crippen molar-refractivity contribution in [3.8, 4) is 0 Å². The number of carbonyl (C=O) groups is 1. The van der Waals surface area contributed by atoms with Gasteiger partial charge in [-0.15, -0.1) is 0 Å². The van der Waals surface area contributed by atoms with Gasteiger partial charge >= 0.3 is 0 Å². The molecule has 0 aliphatic carbocycles. The summed E-state index contributed by atoms with van der Waals surface area (Å²) < 4.78 is 29.9. The molecule has 1 aromatic rings. The molecule has 0 aromatic heterocycles. The van der Waals surface area contributed by atoms with E-state index in [0.717, 1.165) is 19.3 Å². The minimum absolute atomic E-state index is 0.00156. The predicted molar refractivity (Wildman–Crippen MR) is 108 cm³/mol. The first-order valence-corrected chi connectivity index (χ1v) is 11.1. The minimum Gasteiger partial charge on any atom is -0.383 e. The standard InChI is InChI=1S/C19H31N3O4S/c1-16-6-5-7-18(17(16)2)20-10-12-21(13-11-20)19(23)8-9-22(14-15-26-3)27(4,24)25/h5-7H,8-15H2,1-4H3. The van der Waals surface area contributed by atoms with Gasteiger partial charge in [0.05, 0.1) is 12.9 Å². The van der Waals surface area contributed by atoms with Gasteiger partial charge in [-0.2, -0.15) is 4.31 Å². The van der Waals surface area contributed by atoms with Crippen molar-refractivity contribution in [1.29, 1.82) is 0 Å². The first-order chi connectivity index (χ1) is 12.7. The summed E-state index contributed by atoms with van der Waals surface area (Å²) in [5.41, 5.74) is 3.77. The lowest BCUT2D eigenvalue weighted by molar-refractivity contribution is -0.131. The van der Waals surface area contributed by atoms with Crippen LogP contribution in [0.1, 0.15) is 17.5 Å². The molecular weight excluding hydrogens is 366 g/mol. The van der Waals surface area contributed by atoms with Gasteiger partial charge in [-0.25, -0.2) is 8.42 Å². The van der Waals surface area contributed by atoms with Crippen LogP contribution in [0.2, 0.25) is 0 Å². The highest BCUT2D eigenvalue weighted by Crippen LogP contribution is 2.24. The molecule has 0 spiro atoms. The Hall–Kier alpha value is -1.64. The van der Waals surface area contributed by atoms with Crippen molar-refractivity contribution in [2.75, 3.05) is 64.1 Å². The highest BCUT2D eigenvalue weighted by molar-refractivity contribution is 7.88. The van der Waals surface area contributed by atoms with Crippen LogP contribution in [0.4, 0.5) is 5.69 Å². The van der Waals surface area contributed by atoms with Crippen LogP contribution in [0.25, 0.3) is 0 Å². The normalized spacial score (nSPS) is 15.4. The third-order valence-corrected chi connectivity index (χ3v) is 6.44. The number of piperazine rings is 1. The van der Waals surface area contributed by atoms with Crippen molar-refractivity contribution in [1.82, 2.24) is 9.21 Å². The summed E-state index contributed by atoms with van der Waals surface area (Å²) in [4.78, 5) is 16.7. The Morgan fingerprint density at radius 3 is 2.41 bits per heavy atom. The molecule has 1 aliphatic heterocycles. The van der Waals surface area contributed by atoms with E-state index in [9.17, 15) is 13.2 Å². The maximum atomic E-state index is 12.5. The molecular formula is C19H31N3O4S. The smallest absolute Gasteiger partial charge is 0.224 e. The number of sulfonamides is 1. The van der Waals surface area contributed by atoms with E-state index in [1.54, 1.807) is 0 Å². The Bertz CT molecular complexity index is 743. The minimum atomic E-state index is -3.34. The third-order valence-electron chi connectivity index (χ3n) is 5.14. The highest BCUT2D eigenvalue weighted by Gasteiger charge is 2.24. The molecule has 7 nitrogen and oxygen atoms in total. The van der Waals surface area contributed by atoms with Crippen molar-refractivity contribution in [3.63, 3.8) is 0 Å². The molecule has 0 atom stereocenters. The topological polar surface area (TPSA) is 70.2 Å². The summed E-state index contributed by atoms with van der Waals surface area (Å²) in [5.74, 6) is 0.00156. The van der Waals surface area contributed by atoms with Gasteiger partial charge in [0.25, 0.3) is 0 Å². The van der Waals surface area contributed by atoms with Crippen molar-refractivity contribution in [2.24, 2.45) is 0 Å². The Morgan fingerprint density at radius 1 is 1.15 bits per heavy atom. The molecule has 1 fully saturated rings. The van der Waals surface area contributed by atoms with Crippen LogP contribution < -0.4 is 4.90 Å². The predicted octanol–water partition coefficient (Wildman–Crippen LogP) is 1.25. The number of nitrogens with zero attached hydrogens (tertiary/aromatic N) is 3. The summed E-state index contributed by atoms with van der Waals surface area (Å²) in [5, 5.41) is 0. The van der Waals surface area contributed by atoms with Gasteiger partial charge in [-0.05, 0) is 31.0 Å². The summed E-state index contributed by atoms with van der Waals surface area (Å²) in [6.07, 6.45) is 1.36. The number of amides is 1. The molecule has 8 heteroatoms. The molecule has 0 N–H and O–H groups in total.